The highest BCUT2D eigenvalue weighted by Crippen LogP contribution is 2.38. The van der Waals surface area contributed by atoms with Crippen molar-refractivity contribution in [2.45, 2.75) is 38.4 Å². The van der Waals surface area contributed by atoms with Gasteiger partial charge in [-0.2, -0.15) is 9.97 Å². The van der Waals surface area contributed by atoms with Gasteiger partial charge in [0.1, 0.15) is 11.6 Å². The van der Waals surface area contributed by atoms with Crippen molar-refractivity contribution in [3.63, 3.8) is 0 Å². The van der Waals surface area contributed by atoms with E-state index in [1.807, 2.05) is 74.5 Å². The van der Waals surface area contributed by atoms with Crippen molar-refractivity contribution in [2.24, 2.45) is 0 Å². The Morgan fingerprint density at radius 1 is 0.900 bits per heavy atom. The Bertz CT molecular complexity index is 919. The number of ether oxygens (including phenoxy) is 2. The van der Waals surface area contributed by atoms with E-state index in [2.05, 4.69) is 15.0 Å². The number of aromatic nitrogens is 3. The summed E-state index contributed by atoms with van der Waals surface area (Å²) in [5.41, 5.74) is -0.127. The summed E-state index contributed by atoms with van der Waals surface area (Å²) in [5, 5.41) is 10.2. The largest absolute Gasteiger partial charge is 0.478 e. The van der Waals surface area contributed by atoms with E-state index in [0.717, 1.165) is 0 Å². The Hall–Kier alpha value is -3.32. The maximum Gasteiger partial charge on any atom is 0.348 e. The molecule has 3 rings (SSSR count). The van der Waals surface area contributed by atoms with Gasteiger partial charge in [0.05, 0.1) is 0 Å². The van der Waals surface area contributed by atoms with E-state index in [-0.39, 0.29) is 6.01 Å². The number of hydrogen-bond acceptors (Lipinski definition) is 6. The molecule has 2 aromatic carbocycles. The number of aliphatic carboxylic acids is 1. The molecule has 3 aromatic rings. The molecule has 156 valence electrons. The van der Waals surface area contributed by atoms with Crippen LogP contribution in [0, 0.1) is 0 Å². The molecule has 7 heteroatoms. The van der Waals surface area contributed by atoms with Crippen LogP contribution in [0.4, 0.5) is 0 Å². The molecule has 1 aromatic heterocycles. The third-order valence-corrected chi connectivity index (χ3v) is 4.88. The molecule has 0 aliphatic carbocycles. The van der Waals surface area contributed by atoms with Crippen LogP contribution in [-0.2, 0) is 28.0 Å². The molecule has 0 radical (unpaired) electrons. The van der Waals surface area contributed by atoms with E-state index in [0.29, 0.717) is 35.6 Å². The van der Waals surface area contributed by atoms with Gasteiger partial charge in [-0.3, -0.25) is 0 Å². The highest BCUT2D eigenvalue weighted by atomic mass is 16.6. The SMILES string of the molecule is CCc1nc(CC)nc(OC(C(=O)O)C(OC)(c2ccccc2)c2ccccc2)n1. The second-order valence-electron chi connectivity index (χ2n) is 6.67. The van der Waals surface area contributed by atoms with Crippen LogP contribution < -0.4 is 4.74 Å². The third-order valence-electron chi connectivity index (χ3n) is 4.88. The Labute approximate surface area is 175 Å². The fourth-order valence-corrected chi connectivity index (χ4v) is 3.41. The molecule has 0 saturated heterocycles. The first-order valence-electron chi connectivity index (χ1n) is 9.84. The number of hydrogen-bond donors (Lipinski definition) is 1. The molecule has 1 unspecified atom stereocenters. The van der Waals surface area contributed by atoms with E-state index in [4.69, 9.17) is 9.47 Å². The predicted molar refractivity (Wildman–Crippen MR) is 111 cm³/mol. The Morgan fingerprint density at radius 2 is 1.37 bits per heavy atom. The average molecular weight is 407 g/mol. The summed E-state index contributed by atoms with van der Waals surface area (Å²) in [6.45, 7) is 3.83. The van der Waals surface area contributed by atoms with Crippen LogP contribution in [0.3, 0.4) is 0 Å². The molecule has 0 amide bonds. The van der Waals surface area contributed by atoms with Gasteiger partial charge in [0.15, 0.2) is 5.60 Å². The third kappa shape index (κ3) is 4.16. The molecule has 0 aliphatic rings. The second kappa shape index (κ2) is 9.45. The highest BCUT2D eigenvalue weighted by Gasteiger charge is 2.49. The minimum absolute atomic E-state index is 0.0283. The number of aryl methyl sites for hydroxylation is 2. The minimum atomic E-state index is -1.44. The number of benzene rings is 2. The quantitative estimate of drug-likeness (QED) is 0.581. The molecule has 0 aliphatic heterocycles. The van der Waals surface area contributed by atoms with Crippen LogP contribution in [0.1, 0.15) is 36.6 Å². The summed E-state index contributed by atoms with van der Waals surface area (Å²) in [7, 11) is 1.47. The summed E-state index contributed by atoms with van der Waals surface area (Å²) < 4.78 is 11.9. The molecular formula is C23H25N3O4. The van der Waals surface area contributed by atoms with Crippen molar-refractivity contribution in [3.05, 3.63) is 83.4 Å². The predicted octanol–water partition coefficient (Wildman–Crippen LogP) is 3.42. The zero-order valence-corrected chi connectivity index (χ0v) is 17.3. The van der Waals surface area contributed by atoms with E-state index in [1.165, 1.54) is 7.11 Å². The van der Waals surface area contributed by atoms with Crippen molar-refractivity contribution in [2.75, 3.05) is 7.11 Å². The van der Waals surface area contributed by atoms with E-state index < -0.39 is 17.7 Å². The van der Waals surface area contributed by atoms with Gasteiger partial charge in [-0.25, -0.2) is 9.78 Å². The Kier molecular flexibility index (Phi) is 6.74. The Morgan fingerprint density at radius 3 is 1.73 bits per heavy atom. The normalized spacial score (nSPS) is 12.4. The summed E-state index contributed by atoms with van der Waals surface area (Å²) >= 11 is 0. The summed E-state index contributed by atoms with van der Waals surface area (Å²) in [6.07, 6.45) is -0.281. The number of carboxylic acid groups (broad SMARTS) is 1. The van der Waals surface area contributed by atoms with Crippen LogP contribution >= 0.6 is 0 Å². The molecule has 0 bridgehead atoms. The first-order chi connectivity index (χ1) is 14.5. The molecule has 0 saturated carbocycles. The number of carboxylic acids is 1. The van der Waals surface area contributed by atoms with Crippen molar-refractivity contribution in [1.82, 2.24) is 15.0 Å². The lowest BCUT2D eigenvalue weighted by molar-refractivity contribution is -0.160. The van der Waals surface area contributed by atoms with Crippen LogP contribution in [0.25, 0.3) is 0 Å². The van der Waals surface area contributed by atoms with Gasteiger partial charge in [0.2, 0.25) is 6.10 Å². The van der Waals surface area contributed by atoms with Gasteiger partial charge in [-0.1, -0.05) is 74.5 Å². The summed E-state index contributed by atoms with van der Waals surface area (Å²) in [5.74, 6) is -0.104. The number of methoxy groups -OCH3 is 1. The molecule has 1 heterocycles. The molecule has 1 atom stereocenters. The lowest BCUT2D eigenvalue weighted by Gasteiger charge is -2.37. The molecule has 7 nitrogen and oxygen atoms in total. The lowest BCUT2D eigenvalue weighted by Crippen LogP contribution is -2.50. The Balaban J connectivity index is 2.18. The van der Waals surface area contributed by atoms with Crippen molar-refractivity contribution in [3.8, 4) is 6.01 Å². The smallest absolute Gasteiger partial charge is 0.348 e. The van der Waals surface area contributed by atoms with Crippen LogP contribution in [-0.4, -0.2) is 39.2 Å². The van der Waals surface area contributed by atoms with Gasteiger partial charge in [0, 0.05) is 20.0 Å². The number of rotatable bonds is 9. The molecule has 0 spiro atoms. The molecule has 30 heavy (non-hydrogen) atoms. The summed E-state index contributed by atoms with van der Waals surface area (Å²) in [6, 6.07) is 18.3. The molecule has 1 N–H and O–H groups in total. The van der Waals surface area contributed by atoms with Gasteiger partial charge >= 0.3 is 12.0 Å². The minimum Gasteiger partial charge on any atom is -0.478 e. The average Bonchev–Trinajstić information content (AvgIpc) is 2.80. The maximum atomic E-state index is 12.5. The van der Waals surface area contributed by atoms with E-state index in [1.54, 1.807) is 0 Å². The van der Waals surface area contributed by atoms with Crippen molar-refractivity contribution in [1.29, 1.82) is 0 Å². The fourth-order valence-electron chi connectivity index (χ4n) is 3.41. The van der Waals surface area contributed by atoms with E-state index >= 15 is 0 Å². The fraction of sp³-hybridized carbons (Fsp3) is 0.304. The maximum absolute atomic E-state index is 12.5. The number of nitrogens with zero attached hydrogens (tertiary/aromatic N) is 3. The van der Waals surface area contributed by atoms with Gasteiger partial charge in [-0.05, 0) is 11.1 Å². The van der Waals surface area contributed by atoms with Gasteiger partial charge in [-0.15, -0.1) is 0 Å². The van der Waals surface area contributed by atoms with Crippen molar-refractivity contribution < 1.29 is 19.4 Å². The standard InChI is InChI=1S/C23H25N3O4/c1-4-18-24-19(5-2)26-22(25-18)30-20(21(27)28)23(29-3,16-12-8-6-9-13-16)17-14-10-7-11-15-17/h6-15,20H,4-5H2,1-3H3,(H,27,28). The topological polar surface area (TPSA) is 94.4 Å². The first-order valence-corrected chi connectivity index (χ1v) is 9.84. The van der Waals surface area contributed by atoms with Gasteiger partial charge in [0.25, 0.3) is 0 Å². The summed E-state index contributed by atoms with van der Waals surface area (Å²) in [4.78, 5) is 25.4. The number of carbonyl (C=O) groups is 1. The molecule has 0 fully saturated rings. The van der Waals surface area contributed by atoms with Crippen LogP contribution in [0.2, 0.25) is 0 Å². The zero-order chi connectivity index (χ0) is 21.6. The van der Waals surface area contributed by atoms with Crippen LogP contribution in [0.15, 0.2) is 60.7 Å². The lowest BCUT2D eigenvalue weighted by atomic mass is 9.81. The van der Waals surface area contributed by atoms with E-state index in [9.17, 15) is 9.90 Å². The first kappa shape index (κ1) is 21.4. The van der Waals surface area contributed by atoms with Crippen molar-refractivity contribution >= 4 is 5.97 Å². The molecular weight excluding hydrogens is 382 g/mol. The van der Waals surface area contributed by atoms with Crippen LogP contribution in [0.5, 0.6) is 6.01 Å². The monoisotopic (exact) mass is 407 g/mol. The zero-order valence-electron chi connectivity index (χ0n) is 17.3. The van der Waals surface area contributed by atoms with Gasteiger partial charge < -0.3 is 14.6 Å². The highest BCUT2D eigenvalue weighted by molar-refractivity contribution is 5.76. The second-order valence-corrected chi connectivity index (χ2v) is 6.67.